The van der Waals surface area contributed by atoms with E-state index in [1.165, 1.54) is 6.92 Å². The van der Waals surface area contributed by atoms with Crippen molar-refractivity contribution in [1.29, 1.82) is 0 Å². The van der Waals surface area contributed by atoms with Gasteiger partial charge < -0.3 is 14.7 Å². The predicted molar refractivity (Wildman–Crippen MR) is 83.9 cm³/mol. The molecule has 2 aromatic heterocycles. The van der Waals surface area contributed by atoms with Crippen LogP contribution in [0.2, 0.25) is 0 Å². The van der Waals surface area contributed by atoms with Crippen LogP contribution in [0.3, 0.4) is 0 Å². The molecule has 0 unspecified atom stereocenters. The molecule has 0 radical (unpaired) electrons. The summed E-state index contributed by atoms with van der Waals surface area (Å²) in [6.45, 7) is 5.43. The van der Waals surface area contributed by atoms with E-state index in [9.17, 15) is 9.59 Å². The summed E-state index contributed by atoms with van der Waals surface area (Å²) in [5, 5.41) is 7.48. The van der Waals surface area contributed by atoms with Crippen LogP contribution in [0.5, 0.6) is 0 Å². The predicted octanol–water partition coefficient (Wildman–Crippen LogP) is 1.52. The Bertz CT molecular complexity index is 732. The largest absolute Gasteiger partial charge is 0.356 e. The summed E-state index contributed by atoms with van der Waals surface area (Å²) in [6, 6.07) is 1.79. The van der Waals surface area contributed by atoms with Crippen LogP contribution in [0.1, 0.15) is 35.8 Å². The summed E-state index contributed by atoms with van der Waals surface area (Å²) in [5.74, 6) is 0.411. The number of pyridine rings is 1. The van der Waals surface area contributed by atoms with E-state index < -0.39 is 0 Å². The number of likely N-dealkylation sites (tertiary alicyclic amines) is 1. The van der Waals surface area contributed by atoms with Crippen molar-refractivity contribution in [3.8, 4) is 0 Å². The molecular weight excluding hydrogens is 296 g/mol. The first-order valence-corrected chi connectivity index (χ1v) is 7.80. The minimum Gasteiger partial charge on any atom is -0.356 e. The lowest BCUT2D eigenvalue weighted by atomic mass is 9.96. The third-order valence-electron chi connectivity index (χ3n) is 4.30. The van der Waals surface area contributed by atoms with Gasteiger partial charge in [-0.1, -0.05) is 5.16 Å². The zero-order valence-corrected chi connectivity index (χ0v) is 13.3. The molecule has 7 heteroatoms. The highest BCUT2D eigenvalue weighted by molar-refractivity contribution is 5.97. The lowest BCUT2D eigenvalue weighted by Gasteiger charge is -2.32. The second-order valence-electron chi connectivity index (χ2n) is 6.02. The van der Waals surface area contributed by atoms with Gasteiger partial charge in [0, 0.05) is 32.8 Å². The Morgan fingerprint density at radius 1 is 1.39 bits per heavy atom. The number of hydrogen-bond acceptors (Lipinski definition) is 5. The molecule has 3 rings (SSSR count). The van der Waals surface area contributed by atoms with Gasteiger partial charge in [0.25, 0.3) is 11.6 Å². The number of carbonyl (C=O) groups excluding carboxylic acids is 2. The monoisotopic (exact) mass is 316 g/mol. The SMILES string of the molecule is CC(=O)NCC1CCN(C(=O)c2cnc3onc(C)c3c2)CC1. The van der Waals surface area contributed by atoms with Crippen molar-refractivity contribution in [3.63, 3.8) is 0 Å². The average molecular weight is 316 g/mol. The minimum absolute atomic E-state index is 0.00743. The van der Waals surface area contributed by atoms with Crippen LogP contribution in [-0.4, -0.2) is 46.5 Å². The van der Waals surface area contributed by atoms with E-state index in [-0.39, 0.29) is 11.8 Å². The molecule has 1 fully saturated rings. The van der Waals surface area contributed by atoms with Crippen LogP contribution >= 0.6 is 0 Å². The van der Waals surface area contributed by atoms with Gasteiger partial charge in [-0.3, -0.25) is 9.59 Å². The van der Waals surface area contributed by atoms with Gasteiger partial charge in [0.2, 0.25) is 5.91 Å². The maximum absolute atomic E-state index is 12.6. The van der Waals surface area contributed by atoms with E-state index >= 15 is 0 Å². The Hall–Kier alpha value is -2.44. The van der Waals surface area contributed by atoms with Crippen LogP contribution in [0, 0.1) is 12.8 Å². The van der Waals surface area contributed by atoms with E-state index in [2.05, 4.69) is 15.5 Å². The van der Waals surface area contributed by atoms with E-state index in [1.54, 1.807) is 12.3 Å². The summed E-state index contributed by atoms with van der Waals surface area (Å²) in [7, 11) is 0. The first-order chi connectivity index (χ1) is 11.0. The van der Waals surface area contributed by atoms with E-state index in [4.69, 9.17) is 4.52 Å². The highest BCUT2D eigenvalue weighted by atomic mass is 16.5. The number of aryl methyl sites for hydroxylation is 1. The lowest BCUT2D eigenvalue weighted by Crippen LogP contribution is -2.41. The average Bonchev–Trinajstić information content (AvgIpc) is 2.93. The van der Waals surface area contributed by atoms with Crippen molar-refractivity contribution in [2.45, 2.75) is 26.7 Å². The summed E-state index contributed by atoms with van der Waals surface area (Å²) < 4.78 is 5.07. The van der Waals surface area contributed by atoms with E-state index in [0.29, 0.717) is 36.8 Å². The smallest absolute Gasteiger partial charge is 0.257 e. The number of hydrogen-bond donors (Lipinski definition) is 1. The number of amides is 2. The molecule has 1 aliphatic rings. The number of fused-ring (bicyclic) bond motifs is 1. The second-order valence-corrected chi connectivity index (χ2v) is 6.02. The van der Waals surface area contributed by atoms with Crippen molar-refractivity contribution in [1.82, 2.24) is 20.4 Å². The van der Waals surface area contributed by atoms with Crippen molar-refractivity contribution in [2.75, 3.05) is 19.6 Å². The molecule has 3 heterocycles. The normalized spacial score (nSPS) is 15.8. The fourth-order valence-corrected chi connectivity index (χ4v) is 2.87. The lowest BCUT2D eigenvalue weighted by molar-refractivity contribution is -0.119. The third-order valence-corrected chi connectivity index (χ3v) is 4.30. The Labute approximate surface area is 134 Å². The van der Waals surface area contributed by atoms with Crippen molar-refractivity contribution in [2.24, 2.45) is 5.92 Å². The van der Waals surface area contributed by atoms with Gasteiger partial charge in [-0.25, -0.2) is 4.98 Å². The number of nitrogens with one attached hydrogen (secondary N) is 1. The third kappa shape index (κ3) is 3.33. The summed E-state index contributed by atoms with van der Waals surface area (Å²) in [6.07, 6.45) is 3.33. The molecule has 2 aromatic rings. The molecule has 23 heavy (non-hydrogen) atoms. The minimum atomic E-state index is -0.0158. The van der Waals surface area contributed by atoms with Crippen molar-refractivity contribution >= 4 is 22.9 Å². The Balaban J connectivity index is 1.64. The molecule has 1 N–H and O–H groups in total. The maximum Gasteiger partial charge on any atom is 0.257 e. The number of carbonyl (C=O) groups is 2. The van der Waals surface area contributed by atoms with E-state index in [1.807, 2.05) is 11.8 Å². The van der Waals surface area contributed by atoms with Gasteiger partial charge in [-0.05, 0) is 31.7 Å². The number of rotatable bonds is 3. The molecule has 1 saturated heterocycles. The Morgan fingerprint density at radius 3 is 2.83 bits per heavy atom. The molecule has 122 valence electrons. The Morgan fingerprint density at radius 2 is 2.13 bits per heavy atom. The number of aromatic nitrogens is 2. The van der Waals surface area contributed by atoms with Crippen molar-refractivity contribution < 1.29 is 14.1 Å². The maximum atomic E-state index is 12.6. The molecule has 0 spiro atoms. The second kappa shape index (κ2) is 6.36. The van der Waals surface area contributed by atoms with Crippen LogP contribution in [0.15, 0.2) is 16.8 Å². The fraction of sp³-hybridized carbons (Fsp3) is 0.500. The van der Waals surface area contributed by atoms with Gasteiger partial charge in [0.15, 0.2) is 0 Å². The standard InChI is InChI=1S/C16H20N4O3/c1-10-14-7-13(9-18-15(14)23-19-10)16(22)20-5-3-12(4-6-20)8-17-11(2)21/h7,9,12H,3-6,8H2,1-2H3,(H,17,21). The molecular formula is C16H20N4O3. The van der Waals surface area contributed by atoms with Gasteiger partial charge in [-0.15, -0.1) is 0 Å². The summed E-state index contributed by atoms with van der Waals surface area (Å²) in [5.41, 5.74) is 1.74. The Kier molecular flexibility index (Phi) is 4.27. The fourth-order valence-electron chi connectivity index (χ4n) is 2.87. The van der Waals surface area contributed by atoms with Crippen LogP contribution in [0.4, 0.5) is 0 Å². The highest BCUT2D eigenvalue weighted by Gasteiger charge is 2.24. The molecule has 0 bridgehead atoms. The zero-order chi connectivity index (χ0) is 16.4. The molecule has 0 aromatic carbocycles. The summed E-state index contributed by atoms with van der Waals surface area (Å²) >= 11 is 0. The zero-order valence-electron chi connectivity index (χ0n) is 13.3. The molecule has 0 saturated carbocycles. The highest BCUT2D eigenvalue weighted by Crippen LogP contribution is 2.21. The molecule has 0 aliphatic carbocycles. The van der Waals surface area contributed by atoms with Crippen LogP contribution < -0.4 is 5.32 Å². The molecule has 1 aliphatic heterocycles. The van der Waals surface area contributed by atoms with Gasteiger partial charge >= 0.3 is 0 Å². The first kappa shape index (κ1) is 15.5. The molecule has 0 atom stereocenters. The van der Waals surface area contributed by atoms with Gasteiger partial charge in [0.1, 0.15) is 0 Å². The van der Waals surface area contributed by atoms with E-state index in [0.717, 1.165) is 23.9 Å². The van der Waals surface area contributed by atoms with Crippen LogP contribution in [-0.2, 0) is 4.79 Å². The summed E-state index contributed by atoms with van der Waals surface area (Å²) in [4.78, 5) is 29.6. The van der Waals surface area contributed by atoms with Gasteiger partial charge in [0.05, 0.1) is 16.6 Å². The number of piperidine rings is 1. The number of nitrogens with zero attached hydrogens (tertiary/aromatic N) is 3. The first-order valence-electron chi connectivity index (χ1n) is 7.80. The van der Waals surface area contributed by atoms with Gasteiger partial charge in [-0.2, -0.15) is 0 Å². The quantitative estimate of drug-likeness (QED) is 0.927. The molecule has 7 nitrogen and oxygen atoms in total. The van der Waals surface area contributed by atoms with Crippen molar-refractivity contribution in [3.05, 3.63) is 23.5 Å². The molecule has 2 amide bonds. The van der Waals surface area contributed by atoms with Crippen LogP contribution in [0.25, 0.3) is 11.1 Å². The topological polar surface area (TPSA) is 88.3 Å².